The molecule has 2 aliphatic rings. The Kier molecular flexibility index (Phi) is 9.85. The van der Waals surface area contributed by atoms with Crippen molar-refractivity contribution in [2.45, 2.75) is 97.3 Å². The molecule has 0 aliphatic heterocycles. The highest BCUT2D eigenvalue weighted by molar-refractivity contribution is 5.04. The van der Waals surface area contributed by atoms with Crippen LogP contribution in [0.4, 0.5) is 0 Å². The quantitative estimate of drug-likeness (QED) is 0.482. The van der Waals surface area contributed by atoms with Gasteiger partial charge in [0.15, 0.2) is 0 Å². The second kappa shape index (κ2) is 11.3. The van der Waals surface area contributed by atoms with Gasteiger partial charge in [0.25, 0.3) is 0 Å². The van der Waals surface area contributed by atoms with E-state index in [9.17, 15) is 0 Å². The van der Waals surface area contributed by atoms with Crippen molar-refractivity contribution in [1.82, 2.24) is 0 Å². The first kappa shape index (κ1) is 16.5. The van der Waals surface area contributed by atoms with Gasteiger partial charge in [-0.25, -0.2) is 0 Å². The van der Waals surface area contributed by atoms with Gasteiger partial charge in [0, 0.05) is 0 Å². The second-order valence-electron chi connectivity index (χ2n) is 6.22. The first-order valence-electron chi connectivity index (χ1n) is 8.66. The molecule has 0 radical (unpaired) electrons. The van der Waals surface area contributed by atoms with E-state index >= 15 is 0 Å². The maximum absolute atomic E-state index is 2.46. The van der Waals surface area contributed by atoms with Gasteiger partial charge < -0.3 is 0 Å². The molecule has 0 spiro atoms. The summed E-state index contributed by atoms with van der Waals surface area (Å²) in [5, 5.41) is 0. The van der Waals surface area contributed by atoms with Crippen molar-refractivity contribution in [3.05, 3.63) is 23.3 Å². The summed E-state index contributed by atoms with van der Waals surface area (Å²) in [6.07, 6.45) is 23.0. The van der Waals surface area contributed by atoms with E-state index in [-0.39, 0.29) is 0 Å². The Labute approximate surface area is 121 Å². The summed E-state index contributed by atoms with van der Waals surface area (Å²) < 4.78 is 0. The Hall–Kier alpha value is -0.520. The van der Waals surface area contributed by atoms with Crippen LogP contribution in [-0.2, 0) is 0 Å². The van der Waals surface area contributed by atoms with Crippen molar-refractivity contribution < 1.29 is 0 Å². The molecule has 0 amide bonds. The van der Waals surface area contributed by atoms with Crippen LogP contribution in [0, 0.1) is 0 Å². The molecule has 0 aromatic rings. The van der Waals surface area contributed by atoms with Gasteiger partial charge in [0.2, 0.25) is 0 Å². The van der Waals surface area contributed by atoms with Crippen molar-refractivity contribution >= 4 is 0 Å². The lowest BCUT2D eigenvalue weighted by Gasteiger charge is -2.11. The zero-order valence-corrected chi connectivity index (χ0v) is 13.3. The SMILES string of the molecule is C/C1=C/CCCCCC1.CCCCC1=CCCCC1. The lowest BCUT2D eigenvalue weighted by molar-refractivity contribution is 0.625. The maximum Gasteiger partial charge on any atom is -0.0320 e. The van der Waals surface area contributed by atoms with Gasteiger partial charge in [-0.15, -0.1) is 0 Å². The molecule has 0 heteroatoms. The molecule has 0 fully saturated rings. The highest BCUT2D eigenvalue weighted by Gasteiger charge is 2.01. The van der Waals surface area contributed by atoms with Gasteiger partial charge in [-0.05, 0) is 71.1 Å². The summed E-state index contributed by atoms with van der Waals surface area (Å²) in [6, 6.07) is 0. The summed E-state index contributed by atoms with van der Waals surface area (Å²) in [5.41, 5.74) is 3.34. The lowest BCUT2D eigenvalue weighted by atomic mass is 9.96. The van der Waals surface area contributed by atoms with Crippen molar-refractivity contribution in [1.29, 1.82) is 0 Å². The summed E-state index contributed by atoms with van der Waals surface area (Å²) in [5.74, 6) is 0. The number of unbranched alkanes of at least 4 members (excludes halogenated alkanes) is 1. The summed E-state index contributed by atoms with van der Waals surface area (Å²) in [4.78, 5) is 0. The Balaban J connectivity index is 0.000000191. The Morgan fingerprint density at radius 3 is 2.26 bits per heavy atom. The Morgan fingerprint density at radius 2 is 1.53 bits per heavy atom. The Bertz CT molecular complexity index is 270. The van der Waals surface area contributed by atoms with E-state index in [1.807, 2.05) is 0 Å². The summed E-state index contributed by atoms with van der Waals surface area (Å²) in [6.45, 7) is 4.52. The number of hydrogen-bond donors (Lipinski definition) is 0. The molecular formula is C19H34. The van der Waals surface area contributed by atoms with Gasteiger partial charge >= 0.3 is 0 Å². The first-order chi connectivity index (χ1) is 9.33. The third kappa shape index (κ3) is 9.08. The molecule has 0 unspecified atom stereocenters. The van der Waals surface area contributed by atoms with Crippen LogP contribution in [0.5, 0.6) is 0 Å². The van der Waals surface area contributed by atoms with E-state index in [2.05, 4.69) is 26.0 Å². The normalized spacial score (nSPS) is 23.1. The van der Waals surface area contributed by atoms with Crippen LogP contribution in [0.25, 0.3) is 0 Å². The first-order valence-corrected chi connectivity index (χ1v) is 8.66. The molecule has 2 aliphatic carbocycles. The van der Waals surface area contributed by atoms with Crippen LogP contribution in [-0.4, -0.2) is 0 Å². The molecule has 19 heavy (non-hydrogen) atoms. The van der Waals surface area contributed by atoms with E-state index in [0.29, 0.717) is 0 Å². The van der Waals surface area contributed by atoms with Crippen molar-refractivity contribution in [3.8, 4) is 0 Å². The highest BCUT2D eigenvalue weighted by atomic mass is 14.1. The molecule has 0 aromatic heterocycles. The van der Waals surface area contributed by atoms with Gasteiger partial charge in [-0.1, -0.05) is 49.5 Å². The molecule has 0 atom stereocenters. The van der Waals surface area contributed by atoms with Crippen LogP contribution in [0.2, 0.25) is 0 Å². The van der Waals surface area contributed by atoms with Crippen LogP contribution < -0.4 is 0 Å². The van der Waals surface area contributed by atoms with E-state index in [0.717, 1.165) is 0 Å². The number of hydrogen-bond acceptors (Lipinski definition) is 0. The third-order valence-corrected chi connectivity index (χ3v) is 4.25. The van der Waals surface area contributed by atoms with E-state index in [4.69, 9.17) is 0 Å². The van der Waals surface area contributed by atoms with Gasteiger partial charge in [0.05, 0.1) is 0 Å². The molecule has 110 valence electrons. The monoisotopic (exact) mass is 262 g/mol. The third-order valence-electron chi connectivity index (χ3n) is 4.25. The fraction of sp³-hybridized carbons (Fsp3) is 0.789. The molecule has 0 N–H and O–H groups in total. The molecule has 0 nitrogen and oxygen atoms in total. The number of rotatable bonds is 3. The van der Waals surface area contributed by atoms with Crippen LogP contribution in [0.15, 0.2) is 23.3 Å². The zero-order chi connectivity index (χ0) is 13.8. The van der Waals surface area contributed by atoms with Crippen molar-refractivity contribution in [2.75, 3.05) is 0 Å². The van der Waals surface area contributed by atoms with Crippen molar-refractivity contribution in [2.24, 2.45) is 0 Å². The molecule has 0 heterocycles. The van der Waals surface area contributed by atoms with Crippen LogP contribution >= 0.6 is 0 Å². The molecule has 2 rings (SSSR count). The van der Waals surface area contributed by atoms with Gasteiger partial charge in [0.1, 0.15) is 0 Å². The molecular weight excluding hydrogens is 228 g/mol. The predicted octanol–water partition coefficient (Wildman–Crippen LogP) is 6.96. The second-order valence-corrected chi connectivity index (χ2v) is 6.22. The average Bonchev–Trinajstić information content (AvgIpc) is 2.43. The minimum absolute atomic E-state index is 1.33. The highest BCUT2D eigenvalue weighted by Crippen LogP contribution is 2.21. The standard InChI is InChI=1S/C10H18.C9H16/c1-2-3-7-10-8-5-4-6-9-10;1-9-7-5-3-2-4-6-8-9/h8H,2-7,9H2,1H3;7H,2-6,8H2,1H3/b;9-7-. The zero-order valence-electron chi connectivity index (χ0n) is 13.3. The lowest BCUT2D eigenvalue weighted by Crippen LogP contribution is -1.91. The predicted molar refractivity (Wildman–Crippen MR) is 87.5 cm³/mol. The van der Waals surface area contributed by atoms with E-state index in [1.165, 1.54) is 83.5 Å². The molecule has 0 saturated heterocycles. The minimum atomic E-state index is 1.33. The molecule has 0 bridgehead atoms. The van der Waals surface area contributed by atoms with Gasteiger partial charge in [-0.2, -0.15) is 0 Å². The fourth-order valence-corrected chi connectivity index (χ4v) is 2.89. The smallest absolute Gasteiger partial charge is 0.0320 e. The van der Waals surface area contributed by atoms with Crippen LogP contribution in [0.1, 0.15) is 97.3 Å². The van der Waals surface area contributed by atoms with E-state index in [1.54, 1.807) is 11.1 Å². The largest absolute Gasteiger partial charge is 0.0856 e. The Morgan fingerprint density at radius 1 is 0.842 bits per heavy atom. The summed E-state index contributed by atoms with van der Waals surface area (Å²) in [7, 11) is 0. The van der Waals surface area contributed by atoms with E-state index < -0.39 is 0 Å². The average molecular weight is 262 g/mol. The van der Waals surface area contributed by atoms with Gasteiger partial charge in [-0.3, -0.25) is 0 Å². The fourth-order valence-electron chi connectivity index (χ4n) is 2.89. The maximum atomic E-state index is 2.46. The molecule has 0 saturated carbocycles. The minimum Gasteiger partial charge on any atom is -0.0856 e. The summed E-state index contributed by atoms with van der Waals surface area (Å²) >= 11 is 0. The van der Waals surface area contributed by atoms with Crippen LogP contribution in [0.3, 0.4) is 0 Å². The number of allylic oxidation sites excluding steroid dienone is 4. The van der Waals surface area contributed by atoms with Crippen molar-refractivity contribution in [3.63, 3.8) is 0 Å². The topological polar surface area (TPSA) is 0 Å². The molecule has 0 aromatic carbocycles.